The number of primary sulfonamides is 1. The van der Waals surface area contributed by atoms with Gasteiger partial charge in [0, 0.05) is 11.3 Å². The first kappa shape index (κ1) is 20.3. The summed E-state index contributed by atoms with van der Waals surface area (Å²) < 4.78 is 62.9. The lowest BCUT2D eigenvalue weighted by molar-refractivity contribution is -0.249. The molecule has 0 saturated heterocycles. The summed E-state index contributed by atoms with van der Waals surface area (Å²) in [5, 5.41) is 15.2. The van der Waals surface area contributed by atoms with Crippen LogP contribution in [-0.4, -0.2) is 37.8 Å². The zero-order valence-corrected chi connectivity index (χ0v) is 15.6. The number of sulfonamides is 1. The molecule has 1 aliphatic heterocycles. The van der Waals surface area contributed by atoms with Gasteiger partial charge in [0.1, 0.15) is 5.84 Å². The maximum absolute atomic E-state index is 13.4. The van der Waals surface area contributed by atoms with Gasteiger partial charge >= 0.3 is 6.18 Å². The number of nitrogens with two attached hydrogens (primary N) is 1. The van der Waals surface area contributed by atoms with Crippen LogP contribution >= 0.6 is 0 Å². The van der Waals surface area contributed by atoms with Gasteiger partial charge < -0.3 is 10.0 Å². The van der Waals surface area contributed by atoms with Gasteiger partial charge in [-0.3, -0.25) is 0 Å². The summed E-state index contributed by atoms with van der Waals surface area (Å²) in [5.74, 6) is -0.120. The van der Waals surface area contributed by atoms with E-state index < -0.39 is 28.5 Å². The molecule has 1 unspecified atom stereocenters. The van der Waals surface area contributed by atoms with E-state index in [-0.39, 0.29) is 16.3 Å². The lowest BCUT2D eigenvalue weighted by Gasteiger charge is -2.25. The molecular weight excluding hydrogens is 395 g/mol. The Labute approximate surface area is 160 Å². The van der Waals surface area contributed by atoms with Gasteiger partial charge in [0.05, 0.1) is 11.4 Å². The van der Waals surface area contributed by atoms with Crippen LogP contribution in [0.25, 0.3) is 0 Å². The van der Waals surface area contributed by atoms with Gasteiger partial charge in [-0.15, -0.1) is 0 Å². The first-order valence-corrected chi connectivity index (χ1v) is 9.88. The van der Waals surface area contributed by atoms with Crippen LogP contribution in [0.5, 0.6) is 0 Å². The second kappa shape index (κ2) is 6.87. The van der Waals surface area contributed by atoms with Crippen molar-refractivity contribution in [2.45, 2.75) is 30.1 Å². The Hall–Kier alpha value is -2.43. The fraction of sp³-hybridized carbons (Fsp3) is 0.278. The number of halogens is 3. The molecule has 2 aromatic carbocycles. The van der Waals surface area contributed by atoms with Crippen LogP contribution in [0.1, 0.15) is 18.1 Å². The SMILES string of the molecule is CCc1ccc(N2CC(O)(C(F)(F)F)N=C2c2ccc(S(N)(=O)=O)cc2)cc1. The summed E-state index contributed by atoms with van der Waals surface area (Å²) in [6.45, 7) is 1.14. The Balaban J connectivity index is 2.07. The van der Waals surface area contributed by atoms with Crippen molar-refractivity contribution in [1.29, 1.82) is 0 Å². The molecule has 0 fully saturated rings. The van der Waals surface area contributed by atoms with E-state index in [9.17, 15) is 26.7 Å². The molecule has 6 nitrogen and oxygen atoms in total. The number of anilines is 1. The number of nitrogens with zero attached hydrogens (tertiary/aromatic N) is 2. The number of β-amino-alcohol motifs (C(OH)–C–C–N with tert-alkyl or cyclic N) is 1. The zero-order chi connectivity index (χ0) is 20.7. The highest BCUT2D eigenvalue weighted by Gasteiger charge is 2.58. The molecule has 0 aromatic heterocycles. The molecule has 1 heterocycles. The minimum Gasteiger partial charge on any atom is -0.361 e. The zero-order valence-electron chi connectivity index (χ0n) is 14.8. The number of rotatable bonds is 4. The molecule has 0 bridgehead atoms. The van der Waals surface area contributed by atoms with Gasteiger partial charge in [-0.2, -0.15) is 13.2 Å². The average Bonchev–Trinajstić information content (AvgIpc) is 3.00. The number of amidine groups is 1. The number of hydrogen-bond donors (Lipinski definition) is 2. The lowest BCUT2D eigenvalue weighted by Crippen LogP contribution is -2.47. The van der Waals surface area contributed by atoms with Gasteiger partial charge in [-0.25, -0.2) is 18.5 Å². The largest absolute Gasteiger partial charge is 0.440 e. The first-order valence-electron chi connectivity index (χ1n) is 8.33. The third-order valence-corrected chi connectivity index (χ3v) is 5.41. The molecule has 2 aromatic rings. The van der Waals surface area contributed by atoms with Crippen molar-refractivity contribution in [3.8, 4) is 0 Å². The molecule has 3 rings (SSSR count). The van der Waals surface area contributed by atoms with E-state index in [1.165, 1.54) is 29.2 Å². The van der Waals surface area contributed by atoms with E-state index >= 15 is 0 Å². The second-order valence-corrected chi connectivity index (χ2v) is 7.99. The van der Waals surface area contributed by atoms with E-state index in [0.717, 1.165) is 12.0 Å². The van der Waals surface area contributed by atoms with Crippen LogP contribution in [0.3, 0.4) is 0 Å². The molecule has 150 valence electrons. The number of aliphatic hydroxyl groups is 1. The maximum Gasteiger partial charge on any atom is 0.440 e. The molecule has 0 amide bonds. The van der Waals surface area contributed by atoms with Gasteiger partial charge in [-0.1, -0.05) is 19.1 Å². The topological polar surface area (TPSA) is 96.0 Å². The third-order valence-electron chi connectivity index (χ3n) is 4.48. The minimum absolute atomic E-state index is 0.120. The Bertz CT molecular complexity index is 1000. The van der Waals surface area contributed by atoms with Gasteiger partial charge in [0.25, 0.3) is 5.72 Å². The molecule has 0 spiro atoms. The first-order chi connectivity index (χ1) is 12.9. The number of aliphatic imine (C=N–C) groups is 1. The molecule has 0 saturated carbocycles. The Morgan fingerprint density at radius 2 is 1.71 bits per heavy atom. The quantitative estimate of drug-likeness (QED) is 0.805. The maximum atomic E-state index is 13.4. The fourth-order valence-corrected chi connectivity index (χ4v) is 3.37. The molecule has 1 atom stereocenters. The van der Waals surface area contributed by atoms with Crippen molar-refractivity contribution < 1.29 is 26.7 Å². The second-order valence-electron chi connectivity index (χ2n) is 6.43. The fourth-order valence-electron chi connectivity index (χ4n) is 2.86. The van der Waals surface area contributed by atoms with Gasteiger partial charge in [-0.05, 0) is 48.4 Å². The van der Waals surface area contributed by atoms with Crippen molar-refractivity contribution in [1.82, 2.24) is 0 Å². The minimum atomic E-state index is -4.98. The van der Waals surface area contributed by atoms with E-state index in [0.29, 0.717) is 5.69 Å². The summed E-state index contributed by atoms with van der Waals surface area (Å²) in [5.41, 5.74) is -1.63. The molecule has 0 aliphatic carbocycles. The summed E-state index contributed by atoms with van der Waals surface area (Å²) in [6, 6.07) is 11.8. The molecular formula is C18H18F3N3O3S. The van der Waals surface area contributed by atoms with Crippen LogP contribution in [0.15, 0.2) is 58.4 Å². The van der Waals surface area contributed by atoms with Crippen molar-refractivity contribution in [3.05, 3.63) is 59.7 Å². The summed E-state index contributed by atoms with van der Waals surface area (Å²) in [4.78, 5) is 4.61. The lowest BCUT2D eigenvalue weighted by atomic mass is 10.1. The number of benzene rings is 2. The van der Waals surface area contributed by atoms with E-state index in [1.54, 1.807) is 24.3 Å². The van der Waals surface area contributed by atoms with E-state index in [1.807, 2.05) is 6.92 Å². The molecule has 28 heavy (non-hydrogen) atoms. The highest BCUT2D eigenvalue weighted by molar-refractivity contribution is 7.89. The van der Waals surface area contributed by atoms with Gasteiger partial charge in [0.15, 0.2) is 0 Å². The van der Waals surface area contributed by atoms with Crippen LogP contribution in [0.4, 0.5) is 18.9 Å². The Morgan fingerprint density at radius 3 is 2.18 bits per heavy atom. The normalized spacial score (nSPS) is 20.4. The standard InChI is InChI=1S/C18H18F3N3O3S/c1-2-12-3-7-14(8-4-12)24-11-17(25,18(19,20)21)23-16(24)13-5-9-15(10-6-13)28(22,26)27/h3-10,25H,2,11H2,1H3,(H2,22,26,27). The van der Waals surface area contributed by atoms with E-state index in [2.05, 4.69) is 4.99 Å². The molecule has 1 aliphatic rings. The average molecular weight is 413 g/mol. The Kier molecular flexibility index (Phi) is 4.98. The molecule has 10 heteroatoms. The third kappa shape index (κ3) is 3.75. The van der Waals surface area contributed by atoms with Crippen molar-refractivity contribution in [2.24, 2.45) is 10.1 Å². The number of alkyl halides is 3. The monoisotopic (exact) mass is 413 g/mol. The highest BCUT2D eigenvalue weighted by Crippen LogP contribution is 2.38. The number of aryl methyl sites for hydroxylation is 1. The predicted octanol–water partition coefficient (Wildman–Crippen LogP) is 2.41. The summed E-state index contributed by atoms with van der Waals surface area (Å²) >= 11 is 0. The van der Waals surface area contributed by atoms with Crippen LogP contribution in [0.2, 0.25) is 0 Å². The summed E-state index contributed by atoms with van der Waals surface area (Å²) in [7, 11) is -3.95. The number of hydrogen-bond acceptors (Lipinski definition) is 5. The smallest absolute Gasteiger partial charge is 0.361 e. The summed E-state index contributed by atoms with van der Waals surface area (Å²) in [6.07, 6.45) is -4.21. The van der Waals surface area contributed by atoms with Gasteiger partial charge in [0.2, 0.25) is 10.0 Å². The highest BCUT2D eigenvalue weighted by atomic mass is 32.2. The molecule has 3 N–H and O–H groups in total. The van der Waals surface area contributed by atoms with Crippen LogP contribution < -0.4 is 10.0 Å². The van der Waals surface area contributed by atoms with Crippen molar-refractivity contribution in [3.63, 3.8) is 0 Å². The molecule has 0 radical (unpaired) electrons. The van der Waals surface area contributed by atoms with Crippen molar-refractivity contribution >= 4 is 21.5 Å². The van der Waals surface area contributed by atoms with Crippen LogP contribution in [-0.2, 0) is 16.4 Å². The van der Waals surface area contributed by atoms with E-state index in [4.69, 9.17) is 5.14 Å². The van der Waals surface area contributed by atoms with Crippen molar-refractivity contribution in [2.75, 3.05) is 11.4 Å². The Morgan fingerprint density at radius 1 is 1.14 bits per heavy atom. The van der Waals surface area contributed by atoms with Crippen LogP contribution in [0, 0.1) is 0 Å². The predicted molar refractivity (Wildman–Crippen MR) is 98.5 cm³/mol.